The monoisotopic (exact) mass is 279 g/mol. The Bertz CT molecular complexity index is 385. The highest BCUT2D eigenvalue weighted by molar-refractivity contribution is 7.88. The van der Waals surface area contributed by atoms with Gasteiger partial charge in [-0.15, -0.1) is 0 Å². The molecule has 8 heteroatoms. The molecule has 1 rings (SSSR count). The summed E-state index contributed by atoms with van der Waals surface area (Å²) in [6.45, 7) is 2.36. The lowest BCUT2D eigenvalue weighted by Gasteiger charge is -2.31. The van der Waals surface area contributed by atoms with E-state index in [4.69, 9.17) is 5.11 Å². The topological polar surface area (TPSA) is 98.7 Å². The molecule has 2 amide bonds. The van der Waals surface area contributed by atoms with Crippen molar-refractivity contribution in [3.8, 4) is 0 Å². The third-order valence-corrected chi connectivity index (χ3v) is 4.11. The Labute approximate surface area is 108 Å². The van der Waals surface area contributed by atoms with Gasteiger partial charge < -0.3 is 15.7 Å². The lowest BCUT2D eigenvalue weighted by atomic mass is 10.1. The van der Waals surface area contributed by atoms with E-state index in [0.29, 0.717) is 13.1 Å². The van der Waals surface area contributed by atoms with Crippen molar-refractivity contribution in [1.29, 1.82) is 0 Å². The van der Waals surface area contributed by atoms with Crippen molar-refractivity contribution in [2.24, 2.45) is 0 Å². The maximum atomic E-state index is 11.5. The fourth-order valence-corrected chi connectivity index (χ4v) is 2.77. The number of hydrogen-bond donors (Lipinski definition) is 3. The predicted molar refractivity (Wildman–Crippen MR) is 67.7 cm³/mol. The molecule has 0 aromatic rings. The fourth-order valence-electron chi connectivity index (χ4n) is 1.86. The van der Waals surface area contributed by atoms with Gasteiger partial charge in [0.2, 0.25) is 10.0 Å². The first-order chi connectivity index (χ1) is 8.32. The number of piperidine rings is 1. The molecule has 0 aromatic carbocycles. The lowest BCUT2D eigenvalue weighted by molar-refractivity contribution is 0.210. The average molecular weight is 279 g/mol. The first kappa shape index (κ1) is 15.2. The molecule has 0 radical (unpaired) electrons. The van der Waals surface area contributed by atoms with Gasteiger partial charge in [-0.1, -0.05) is 0 Å². The molecule has 0 bridgehead atoms. The van der Waals surface area contributed by atoms with Crippen LogP contribution in [0, 0.1) is 0 Å². The van der Waals surface area contributed by atoms with Crippen LogP contribution in [0.2, 0.25) is 0 Å². The summed E-state index contributed by atoms with van der Waals surface area (Å²) in [5.74, 6) is 0. The molecule has 1 aliphatic rings. The Morgan fingerprint density at radius 1 is 1.56 bits per heavy atom. The van der Waals surface area contributed by atoms with Crippen molar-refractivity contribution in [2.75, 3.05) is 26.0 Å². The number of carbonyl (C=O) groups is 1. The number of nitrogens with zero attached hydrogens (tertiary/aromatic N) is 1. The maximum absolute atomic E-state index is 11.5. The molecular weight excluding hydrogens is 258 g/mol. The van der Waals surface area contributed by atoms with Gasteiger partial charge in [-0.2, -0.15) is 0 Å². The van der Waals surface area contributed by atoms with Gasteiger partial charge in [0.05, 0.1) is 18.9 Å². The molecule has 2 atom stereocenters. The summed E-state index contributed by atoms with van der Waals surface area (Å²) < 4.78 is 24.2. The summed E-state index contributed by atoms with van der Waals surface area (Å²) in [6, 6.07) is -0.879. The third kappa shape index (κ3) is 4.79. The van der Waals surface area contributed by atoms with Gasteiger partial charge in [0.25, 0.3) is 0 Å². The van der Waals surface area contributed by atoms with Crippen molar-refractivity contribution >= 4 is 16.1 Å². The highest BCUT2D eigenvalue weighted by Gasteiger charge is 2.26. The molecule has 1 aliphatic heterocycles. The molecule has 18 heavy (non-hydrogen) atoms. The van der Waals surface area contributed by atoms with Gasteiger partial charge in [0.15, 0.2) is 0 Å². The Hall–Kier alpha value is -0.860. The fraction of sp³-hybridized carbons (Fsp3) is 0.900. The van der Waals surface area contributed by atoms with Crippen LogP contribution in [-0.2, 0) is 10.0 Å². The van der Waals surface area contributed by atoms with E-state index in [0.717, 1.165) is 12.8 Å². The molecule has 0 aliphatic carbocycles. The Balaban J connectivity index is 2.45. The minimum atomic E-state index is -3.20. The van der Waals surface area contributed by atoms with Crippen molar-refractivity contribution in [3.63, 3.8) is 0 Å². The molecule has 2 unspecified atom stereocenters. The van der Waals surface area contributed by atoms with E-state index in [1.807, 2.05) is 0 Å². The van der Waals surface area contributed by atoms with Crippen LogP contribution in [-0.4, -0.2) is 61.9 Å². The number of urea groups is 1. The van der Waals surface area contributed by atoms with Crippen LogP contribution in [0.3, 0.4) is 0 Å². The van der Waals surface area contributed by atoms with Crippen LogP contribution in [0.1, 0.15) is 19.8 Å². The van der Waals surface area contributed by atoms with E-state index in [9.17, 15) is 13.2 Å². The molecule has 0 spiro atoms. The molecule has 0 saturated carbocycles. The molecule has 0 aromatic heterocycles. The van der Waals surface area contributed by atoms with Crippen molar-refractivity contribution in [1.82, 2.24) is 14.9 Å². The van der Waals surface area contributed by atoms with Gasteiger partial charge in [0.1, 0.15) is 0 Å². The zero-order chi connectivity index (χ0) is 13.8. The normalized spacial score (nSPS) is 23.4. The predicted octanol–water partition coefficient (Wildman–Crippen LogP) is -0.910. The molecule has 1 saturated heterocycles. The van der Waals surface area contributed by atoms with Crippen LogP contribution in [0.4, 0.5) is 4.79 Å². The number of aliphatic hydroxyl groups is 1. The van der Waals surface area contributed by atoms with Gasteiger partial charge in [0, 0.05) is 19.1 Å². The van der Waals surface area contributed by atoms with E-state index in [1.54, 1.807) is 6.92 Å². The SMILES string of the molecule is CC(CO)NC(=O)NC1CCCN(S(C)(=O)=O)C1. The van der Waals surface area contributed by atoms with E-state index < -0.39 is 10.0 Å². The molecule has 3 N–H and O–H groups in total. The van der Waals surface area contributed by atoms with Crippen LogP contribution in [0.5, 0.6) is 0 Å². The Kier molecular flexibility index (Phi) is 5.36. The molecule has 106 valence electrons. The van der Waals surface area contributed by atoms with Crippen LogP contribution in [0.15, 0.2) is 0 Å². The Morgan fingerprint density at radius 2 is 2.22 bits per heavy atom. The summed E-state index contributed by atoms with van der Waals surface area (Å²) in [6.07, 6.45) is 2.66. The highest BCUT2D eigenvalue weighted by Crippen LogP contribution is 2.12. The lowest BCUT2D eigenvalue weighted by Crippen LogP contribution is -2.53. The first-order valence-corrected chi connectivity index (χ1v) is 7.80. The van der Waals surface area contributed by atoms with Gasteiger partial charge >= 0.3 is 6.03 Å². The summed E-state index contributed by atoms with van der Waals surface area (Å²) in [7, 11) is -3.20. The zero-order valence-corrected chi connectivity index (χ0v) is 11.5. The van der Waals surface area contributed by atoms with Gasteiger partial charge in [-0.3, -0.25) is 0 Å². The molecule has 7 nitrogen and oxygen atoms in total. The zero-order valence-electron chi connectivity index (χ0n) is 10.7. The van der Waals surface area contributed by atoms with Crippen LogP contribution in [0.25, 0.3) is 0 Å². The summed E-state index contributed by atoms with van der Waals surface area (Å²) in [5.41, 5.74) is 0. The number of carbonyl (C=O) groups excluding carboxylic acids is 1. The molecule has 1 heterocycles. The number of aliphatic hydroxyl groups excluding tert-OH is 1. The molecule has 1 fully saturated rings. The number of sulfonamides is 1. The summed E-state index contributed by atoms with van der Waals surface area (Å²) in [4.78, 5) is 11.5. The second kappa shape index (κ2) is 6.35. The van der Waals surface area contributed by atoms with Crippen molar-refractivity contribution in [3.05, 3.63) is 0 Å². The number of rotatable bonds is 4. The summed E-state index contributed by atoms with van der Waals surface area (Å²) >= 11 is 0. The van der Waals surface area contributed by atoms with Crippen molar-refractivity contribution in [2.45, 2.75) is 31.8 Å². The third-order valence-electron chi connectivity index (χ3n) is 2.84. The number of amides is 2. The first-order valence-electron chi connectivity index (χ1n) is 5.96. The second-order valence-corrected chi connectivity index (χ2v) is 6.64. The van der Waals surface area contributed by atoms with E-state index in [-0.39, 0.29) is 24.7 Å². The minimum absolute atomic E-state index is 0.131. The van der Waals surface area contributed by atoms with E-state index in [1.165, 1.54) is 10.6 Å². The van der Waals surface area contributed by atoms with Crippen molar-refractivity contribution < 1.29 is 18.3 Å². The second-order valence-electron chi connectivity index (χ2n) is 4.66. The highest BCUT2D eigenvalue weighted by atomic mass is 32.2. The van der Waals surface area contributed by atoms with Gasteiger partial charge in [-0.05, 0) is 19.8 Å². The van der Waals surface area contributed by atoms with Crippen LogP contribution >= 0.6 is 0 Å². The molecular formula is C10H21N3O4S. The minimum Gasteiger partial charge on any atom is -0.394 e. The smallest absolute Gasteiger partial charge is 0.315 e. The van der Waals surface area contributed by atoms with Crippen LogP contribution < -0.4 is 10.6 Å². The number of hydrogen-bond acceptors (Lipinski definition) is 4. The largest absolute Gasteiger partial charge is 0.394 e. The van der Waals surface area contributed by atoms with E-state index >= 15 is 0 Å². The number of nitrogens with one attached hydrogen (secondary N) is 2. The average Bonchev–Trinajstić information content (AvgIpc) is 2.27. The van der Waals surface area contributed by atoms with Gasteiger partial charge in [-0.25, -0.2) is 17.5 Å². The Morgan fingerprint density at radius 3 is 2.78 bits per heavy atom. The van der Waals surface area contributed by atoms with E-state index in [2.05, 4.69) is 10.6 Å². The standard InChI is InChI=1S/C10H21N3O4S/c1-8(7-14)11-10(15)12-9-4-3-5-13(6-9)18(2,16)17/h8-9,14H,3-7H2,1-2H3,(H2,11,12,15). The summed E-state index contributed by atoms with van der Waals surface area (Å²) in [5, 5.41) is 14.1. The maximum Gasteiger partial charge on any atom is 0.315 e. The quantitative estimate of drug-likeness (QED) is 0.620.